The molecule has 0 atom stereocenters. The van der Waals surface area contributed by atoms with Crippen molar-refractivity contribution in [2.24, 2.45) is 7.05 Å². The maximum absolute atomic E-state index is 11.7. The number of aromatic nitrogens is 1. The van der Waals surface area contributed by atoms with Gasteiger partial charge >= 0.3 is 6.03 Å². The van der Waals surface area contributed by atoms with Crippen LogP contribution in [0.5, 0.6) is 11.5 Å². The molecule has 1 aromatic heterocycles. The van der Waals surface area contributed by atoms with E-state index in [1.54, 1.807) is 18.2 Å². The molecule has 6 heteroatoms. The van der Waals surface area contributed by atoms with Crippen molar-refractivity contribution >= 4 is 6.03 Å². The number of rotatable bonds is 6. The van der Waals surface area contributed by atoms with Crippen LogP contribution in [0.15, 0.2) is 36.7 Å². The van der Waals surface area contributed by atoms with Crippen LogP contribution < -0.4 is 15.4 Å². The van der Waals surface area contributed by atoms with Gasteiger partial charge in [0.1, 0.15) is 0 Å². The number of benzene rings is 1. The van der Waals surface area contributed by atoms with Crippen LogP contribution in [0.3, 0.4) is 0 Å². The molecule has 3 N–H and O–H groups in total. The maximum atomic E-state index is 11.7. The van der Waals surface area contributed by atoms with Crippen molar-refractivity contribution in [1.82, 2.24) is 15.2 Å². The first-order chi connectivity index (χ1) is 10.6. The lowest BCUT2D eigenvalue weighted by Crippen LogP contribution is -2.36. The Bertz CT molecular complexity index is 637. The maximum Gasteiger partial charge on any atom is 0.315 e. The fourth-order valence-electron chi connectivity index (χ4n) is 2.11. The minimum absolute atomic E-state index is 0.111. The van der Waals surface area contributed by atoms with Gasteiger partial charge in [0.05, 0.1) is 7.11 Å². The molecule has 0 unspecified atom stereocenters. The first kappa shape index (κ1) is 15.8. The van der Waals surface area contributed by atoms with E-state index < -0.39 is 0 Å². The topological polar surface area (TPSA) is 75.5 Å². The molecule has 0 fully saturated rings. The molecule has 0 aliphatic carbocycles. The van der Waals surface area contributed by atoms with Crippen LogP contribution in [0, 0.1) is 0 Å². The van der Waals surface area contributed by atoms with E-state index in [2.05, 4.69) is 10.6 Å². The van der Waals surface area contributed by atoms with Gasteiger partial charge in [0.2, 0.25) is 0 Å². The molecule has 0 radical (unpaired) electrons. The first-order valence-electron chi connectivity index (χ1n) is 7.07. The molecule has 0 aliphatic rings. The Morgan fingerprint density at radius 1 is 1.27 bits per heavy atom. The van der Waals surface area contributed by atoms with Gasteiger partial charge in [-0.15, -0.1) is 0 Å². The van der Waals surface area contributed by atoms with E-state index in [1.807, 2.05) is 30.1 Å². The second-order valence-corrected chi connectivity index (χ2v) is 5.05. The van der Waals surface area contributed by atoms with Crippen LogP contribution in [0.2, 0.25) is 0 Å². The molecular formula is C16H21N3O3. The monoisotopic (exact) mass is 303 g/mol. The van der Waals surface area contributed by atoms with Gasteiger partial charge < -0.3 is 25.0 Å². The number of aryl methyl sites for hydroxylation is 1. The third-order valence-electron chi connectivity index (χ3n) is 3.29. The molecule has 6 nitrogen and oxygen atoms in total. The Morgan fingerprint density at radius 2 is 2.09 bits per heavy atom. The molecule has 0 spiro atoms. The summed E-state index contributed by atoms with van der Waals surface area (Å²) in [5.41, 5.74) is 2.04. The van der Waals surface area contributed by atoms with Gasteiger partial charge in [-0.1, -0.05) is 6.07 Å². The summed E-state index contributed by atoms with van der Waals surface area (Å²) in [6, 6.07) is 6.92. The Balaban J connectivity index is 1.72. The summed E-state index contributed by atoms with van der Waals surface area (Å²) in [7, 11) is 3.45. The van der Waals surface area contributed by atoms with Gasteiger partial charge in [0.15, 0.2) is 11.5 Å². The van der Waals surface area contributed by atoms with Crippen LogP contribution in [0.25, 0.3) is 0 Å². The summed E-state index contributed by atoms with van der Waals surface area (Å²) < 4.78 is 6.99. The Morgan fingerprint density at radius 3 is 2.77 bits per heavy atom. The fraction of sp³-hybridized carbons (Fsp3) is 0.312. The van der Waals surface area contributed by atoms with E-state index >= 15 is 0 Å². The highest BCUT2D eigenvalue weighted by atomic mass is 16.5. The molecule has 0 saturated carbocycles. The number of hydrogen-bond acceptors (Lipinski definition) is 3. The Hall–Kier alpha value is -2.63. The predicted octanol–water partition coefficient (Wildman–Crippen LogP) is 1.78. The lowest BCUT2D eigenvalue weighted by atomic mass is 10.1. The average molecular weight is 303 g/mol. The molecule has 0 bridgehead atoms. The number of carbonyl (C=O) groups is 1. The van der Waals surface area contributed by atoms with Gasteiger partial charge in [0, 0.05) is 32.5 Å². The molecule has 0 aliphatic heterocycles. The van der Waals surface area contributed by atoms with Crippen LogP contribution in [0.1, 0.15) is 11.1 Å². The predicted molar refractivity (Wildman–Crippen MR) is 84.0 cm³/mol. The lowest BCUT2D eigenvalue weighted by molar-refractivity contribution is 0.240. The zero-order valence-corrected chi connectivity index (χ0v) is 12.8. The van der Waals surface area contributed by atoms with Crippen LogP contribution in [0.4, 0.5) is 4.79 Å². The standard InChI is InChI=1S/C16H21N3O3/c1-19-8-6-13(11-19)10-18-16(21)17-7-5-12-3-4-14(20)15(9-12)22-2/h3-4,6,8-9,11,20H,5,7,10H2,1-2H3,(H2,17,18,21). The summed E-state index contributed by atoms with van der Waals surface area (Å²) >= 11 is 0. The second-order valence-electron chi connectivity index (χ2n) is 5.05. The molecule has 2 aromatic rings. The number of aromatic hydroxyl groups is 1. The number of carbonyl (C=O) groups excluding carboxylic acids is 1. The second kappa shape index (κ2) is 7.40. The van der Waals surface area contributed by atoms with Crippen LogP contribution in [-0.2, 0) is 20.0 Å². The summed E-state index contributed by atoms with van der Waals surface area (Å²) in [5, 5.41) is 15.1. The molecule has 118 valence electrons. The zero-order chi connectivity index (χ0) is 15.9. The number of nitrogens with one attached hydrogen (secondary N) is 2. The summed E-state index contributed by atoms with van der Waals surface area (Å²) in [5.74, 6) is 0.547. The number of ether oxygens (including phenoxy) is 1. The van der Waals surface area contributed by atoms with Crippen molar-refractivity contribution in [2.45, 2.75) is 13.0 Å². The normalized spacial score (nSPS) is 10.3. The summed E-state index contributed by atoms with van der Waals surface area (Å²) in [6.45, 7) is 1.01. The number of nitrogens with zero attached hydrogens (tertiary/aromatic N) is 1. The van der Waals surface area contributed by atoms with E-state index in [0.29, 0.717) is 25.3 Å². The highest BCUT2D eigenvalue weighted by molar-refractivity contribution is 5.73. The SMILES string of the molecule is COc1cc(CCNC(=O)NCc2ccn(C)c2)ccc1O. The van der Waals surface area contributed by atoms with Gasteiger partial charge in [-0.05, 0) is 35.7 Å². The van der Waals surface area contributed by atoms with E-state index in [9.17, 15) is 9.90 Å². The Labute approximate surface area is 129 Å². The van der Waals surface area contributed by atoms with E-state index in [-0.39, 0.29) is 11.8 Å². The van der Waals surface area contributed by atoms with E-state index in [0.717, 1.165) is 11.1 Å². The molecule has 1 heterocycles. The van der Waals surface area contributed by atoms with Crippen molar-refractivity contribution < 1.29 is 14.6 Å². The molecule has 2 rings (SSSR count). The smallest absolute Gasteiger partial charge is 0.315 e. The van der Waals surface area contributed by atoms with Crippen molar-refractivity contribution in [1.29, 1.82) is 0 Å². The number of hydrogen-bond donors (Lipinski definition) is 3. The van der Waals surface area contributed by atoms with Crippen LogP contribution >= 0.6 is 0 Å². The molecule has 1 aromatic carbocycles. The first-order valence-corrected chi connectivity index (χ1v) is 7.07. The minimum Gasteiger partial charge on any atom is -0.504 e. The quantitative estimate of drug-likeness (QED) is 0.761. The van der Waals surface area contributed by atoms with Gasteiger partial charge in [-0.2, -0.15) is 0 Å². The molecule has 2 amide bonds. The van der Waals surface area contributed by atoms with Gasteiger partial charge in [-0.3, -0.25) is 0 Å². The van der Waals surface area contributed by atoms with Gasteiger partial charge in [-0.25, -0.2) is 4.79 Å². The fourth-order valence-corrected chi connectivity index (χ4v) is 2.11. The van der Waals surface area contributed by atoms with E-state index in [4.69, 9.17) is 4.74 Å². The molecule has 22 heavy (non-hydrogen) atoms. The summed E-state index contributed by atoms with van der Waals surface area (Å²) in [6.07, 6.45) is 4.56. The number of urea groups is 1. The number of amides is 2. The largest absolute Gasteiger partial charge is 0.504 e. The number of methoxy groups -OCH3 is 1. The highest BCUT2D eigenvalue weighted by Gasteiger charge is 2.04. The van der Waals surface area contributed by atoms with Crippen molar-refractivity contribution in [3.05, 3.63) is 47.8 Å². The third-order valence-corrected chi connectivity index (χ3v) is 3.29. The molecular weight excluding hydrogens is 282 g/mol. The average Bonchev–Trinajstić information content (AvgIpc) is 2.92. The molecule has 0 saturated heterocycles. The minimum atomic E-state index is -0.199. The zero-order valence-electron chi connectivity index (χ0n) is 12.8. The van der Waals surface area contributed by atoms with Crippen molar-refractivity contribution in [3.8, 4) is 11.5 Å². The van der Waals surface area contributed by atoms with Crippen molar-refractivity contribution in [2.75, 3.05) is 13.7 Å². The lowest BCUT2D eigenvalue weighted by Gasteiger charge is -2.09. The highest BCUT2D eigenvalue weighted by Crippen LogP contribution is 2.26. The summed E-state index contributed by atoms with van der Waals surface area (Å²) in [4.78, 5) is 11.7. The number of phenols is 1. The van der Waals surface area contributed by atoms with Crippen molar-refractivity contribution in [3.63, 3.8) is 0 Å². The third kappa shape index (κ3) is 4.44. The van der Waals surface area contributed by atoms with E-state index in [1.165, 1.54) is 7.11 Å². The number of phenolic OH excluding ortho intramolecular Hbond substituents is 1. The van der Waals surface area contributed by atoms with Crippen LogP contribution in [-0.4, -0.2) is 29.4 Å². The van der Waals surface area contributed by atoms with Gasteiger partial charge in [0.25, 0.3) is 0 Å². The Kier molecular flexibility index (Phi) is 5.30.